The molecule has 0 aromatic heterocycles. The molecule has 126 valence electrons. The maximum absolute atomic E-state index is 11.0. The Morgan fingerprint density at radius 1 is 1.30 bits per heavy atom. The summed E-state index contributed by atoms with van der Waals surface area (Å²) in [5, 5.41) is 13.8. The monoisotopic (exact) mass is 356 g/mol. The summed E-state index contributed by atoms with van der Waals surface area (Å²) in [6, 6.07) is 6.47. The molecule has 3 rings (SSSR count). The summed E-state index contributed by atoms with van der Waals surface area (Å²) in [5.74, 6) is -0.0144. The first-order valence-electron chi connectivity index (χ1n) is 8.15. The summed E-state index contributed by atoms with van der Waals surface area (Å²) in [7, 11) is 0. The topological polar surface area (TPSA) is 52.6 Å². The minimum absolute atomic E-state index is 0.161. The lowest BCUT2D eigenvalue weighted by Gasteiger charge is -2.43. The predicted octanol–water partition coefficient (Wildman–Crippen LogP) is 3.41. The SMILES string of the molecule is O=C(O)CN(CC1CC1)C1CC(NCc2cccc(Cl)c2Cl)C1. The number of hydrogen-bond acceptors (Lipinski definition) is 3. The van der Waals surface area contributed by atoms with Gasteiger partial charge in [-0.3, -0.25) is 9.69 Å². The van der Waals surface area contributed by atoms with Crippen LogP contribution in [0.25, 0.3) is 0 Å². The molecule has 1 aromatic carbocycles. The van der Waals surface area contributed by atoms with E-state index in [1.807, 2.05) is 12.1 Å². The van der Waals surface area contributed by atoms with Crippen molar-refractivity contribution >= 4 is 29.2 Å². The molecule has 0 atom stereocenters. The summed E-state index contributed by atoms with van der Waals surface area (Å²) >= 11 is 12.2. The number of nitrogens with zero attached hydrogens (tertiary/aromatic N) is 1. The zero-order valence-electron chi connectivity index (χ0n) is 13.0. The van der Waals surface area contributed by atoms with Crippen LogP contribution in [-0.2, 0) is 11.3 Å². The number of hydrogen-bond donors (Lipinski definition) is 2. The van der Waals surface area contributed by atoms with Crippen LogP contribution in [0.3, 0.4) is 0 Å². The van der Waals surface area contributed by atoms with E-state index in [-0.39, 0.29) is 6.54 Å². The van der Waals surface area contributed by atoms with Crippen LogP contribution in [0.5, 0.6) is 0 Å². The van der Waals surface area contributed by atoms with Gasteiger partial charge in [0, 0.05) is 25.2 Å². The minimum atomic E-state index is -0.729. The third-order valence-electron chi connectivity index (χ3n) is 4.77. The van der Waals surface area contributed by atoms with Crippen molar-refractivity contribution in [2.45, 2.75) is 44.3 Å². The van der Waals surface area contributed by atoms with Gasteiger partial charge in [-0.1, -0.05) is 35.3 Å². The van der Waals surface area contributed by atoms with Crippen LogP contribution in [0.15, 0.2) is 18.2 Å². The van der Waals surface area contributed by atoms with Crippen LogP contribution in [-0.4, -0.2) is 41.1 Å². The van der Waals surface area contributed by atoms with Crippen molar-refractivity contribution in [1.29, 1.82) is 0 Å². The first-order valence-corrected chi connectivity index (χ1v) is 8.90. The Morgan fingerprint density at radius 3 is 2.70 bits per heavy atom. The van der Waals surface area contributed by atoms with Gasteiger partial charge in [-0.2, -0.15) is 0 Å². The fourth-order valence-corrected chi connectivity index (χ4v) is 3.53. The third kappa shape index (κ3) is 4.60. The number of benzene rings is 1. The summed E-state index contributed by atoms with van der Waals surface area (Å²) in [6.45, 7) is 1.79. The average Bonchev–Trinajstić information content (AvgIpc) is 3.24. The van der Waals surface area contributed by atoms with Crippen molar-refractivity contribution in [3.8, 4) is 0 Å². The zero-order valence-corrected chi connectivity index (χ0v) is 14.5. The Bertz CT molecular complexity index is 572. The van der Waals surface area contributed by atoms with Gasteiger partial charge >= 0.3 is 5.97 Å². The molecule has 2 saturated carbocycles. The van der Waals surface area contributed by atoms with Gasteiger partial charge in [-0.25, -0.2) is 0 Å². The fourth-order valence-electron chi connectivity index (χ4n) is 3.14. The first kappa shape index (κ1) is 17.0. The number of halogens is 2. The molecule has 0 heterocycles. The normalized spacial score (nSPS) is 23.8. The molecule has 0 bridgehead atoms. The third-order valence-corrected chi connectivity index (χ3v) is 5.63. The van der Waals surface area contributed by atoms with Gasteiger partial charge in [0.2, 0.25) is 0 Å². The van der Waals surface area contributed by atoms with Crippen LogP contribution >= 0.6 is 23.2 Å². The molecule has 2 aliphatic rings. The van der Waals surface area contributed by atoms with Crippen molar-refractivity contribution in [3.63, 3.8) is 0 Å². The molecule has 0 unspecified atom stereocenters. The molecule has 0 saturated heterocycles. The lowest BCUT2D eigenvalue weighted by atomic mass is 9.85. The number of nitrogens with one attached hydrogen (secondary N) is 1. The lowest BCUT2D eigenvalue weighted by Crippen LogP contribution is -2.54. The molecule has 0 amide bonds. The molecule has 0 radical (unpaired) electrons. The highest BCUT2D eigenvalue weighted by molar-refractivity contribution is 6.42. The zero-order chi connectivity index (χ0) is 16.4. The van der Waals surface area contributed by atoms with Gasteiger partial charge in [0.25, 0.3) is 0 Å². The molecule has 2 fully saturated rings. The van der Waals surface area contributed by atoms with E-state index in [1.165, 1.54) is 12.8 Å². The number of carboxylic acid groups (broad SMARTS) is 1. The molecular formula is C17H22Cl2N2O2. The van der Waals surface area contributed by atoms with E-state index in [0.717, 1.165) is 24.9 Å². The second-order valence-electron chi connectivity index (χ2n) is 6.68. The van der Waals surface area contributed by atoms with Crippen molar-refractivity contribution in [2.75, 3.05) is 13.1 Å². The highest BCUT2D eigenvalue weighted by atomic mass is 35.5. The molecule has 2 aliphatic carbocycles. The van der Waals surface area contributed by atoms with Gasteiger partial charge in [0.1, 0.15) is 0 Å². The van der Waals surface area contributed by atoms with E-state index in [0.29, 0.717) is 34.6 Å². The van der Waals surface area contributed by atoms with E-state index < -0.39 is 5.97 Å². The van der Waals surface area contributed by atoms with Gasteiger partial charge < -0.3 is 10.4 Å². The minimum Gasteiger partial charge on any atom is -0.480 e. The largest absolute Gasteiger partial charge is 0.480 e. The standard InChI is InChI=1S/C17H22Cl2N2O2/c18-15-3-1-2-12(17(15)19)8-20-13-6-14(7-13)21(10-16(22)23)9-11-4-5-11/h1-3,11,13-14,20H,4-10H2,(H,22,23). The highest BCUT2D eigenvalue weighted by Gasteiger charge is 2.36. The second kappa shape index (κ2) is 7.39. The molecule has 6 heteroatoms. The number of carbonyl (C=O) groups is 1. The van der Waals surface area contributed by atoms with Crippen molar-refractivity contribution < 1.29 is 9.90 Å². The summed E-state index contributed by atoms with van der Waals surface area (Å²) < 4.78 is 0. The summed E-state index contributed by atoms with van der Waals surface area (Å²) in [5.41, 5.74) is 1.00. The van der Waals surface area contributed by atoms with Crippen LogP contribution < -0.4 is 5.32 Å². The van der Waals surface area contributed by atoms with E-state index in [2.05, 4.69) is 10.2 Å². The number of carboxylic acids is 1. The molecular weight excluding hydrogens is 335 g/mol. The Morgan fingerprint density at radius 2 is 2.04 bits per heavy atom. The van der Waals surface area contributed by atoms with Gasteiger partial charge in [0.15, 0.2) is 0 Å². The Kier molecular flexibility index (Phi) is 5.47. The van der Waals surface area contributed by atoms with Crippen molar-refractivity contribution in [1.82, 2.24) is 10.2 Å². The predicted molar refractivity (Wildman–Crippen MR) is 92.0 cm³/mol. The molecule has 23 heavy (non-hydrogen) atoms. The van der Waals surface area contributed by atoms with Crippen LogP contribution in [0.4, 0.5) is 0 Å². The average molecular weight is 357 g/mol. The van der Waals surface area contributed by atoms with Gasteiger partial charge in [-0.15, -0.1) is 0 Å². The number of aliphatic carboxylic acids is 1. The van der Waals surface area contributed by atoms with E-state index in [4.69, 9.17) is 28.3 Å². The van der Waals surface area contributed by atoms with Crippen LogP contribution in [0.2, 0.25) is 10.0 Å². The fraction of sp³-hybridized carbons (Fsp3) is 0.588. The Labute approximate surface area is 146 Å². The molecule has 1 aromatic rings. The Balaban J connectivity index is 1.46. The maximum Gasteiger partial charge on any atom is 0.317 e. The molecule has 2 N–H and O–H groups in total. The van der Waals surface area contributed by atoms with Gasteiger partial charge in [-0.05, 0) is 43.2 Å². The second-order valence-corrected chi connectivity index (χ2v) is 7.47. The smallest absolute Gasteiger partial charge is 0.317 e. The molecule has 0 spiro atoms. The van der Waals surface area contributed by atoms with Crippen molar-refractivity contribution in [3.05, 3.63) is 33.8 Å². The molecule has 0 aliphatic heterocycles. The summed E-state index contributed by atoms with van der Waals surface area (Å²) in [4.78, 5) is 13.2. The van der Waals surface area contributed by atoms with E-state index in [9.17, 15) is 4.79 Å². The quantitative estimate of drug-likeness (QED) is 0.749. The summed E-state index contributed by atoms with van der Waals surface area (Å²) in [6.07, 6.45) is 4.49. The lowest BCUT2D eigenvalue weighted by molar-refractivity contribution is -0.139. The Hall–Kier alpha value is -0.810. The maximum atomic E-state index is 11.0. The highest BCUT2D eigenvalue weighted by Crippen LogP contribution is 2.34. The van der Waals surface area contributed by atoms with E-state index >= 15 is 0 Å². The van der Waals surface area contributed by atoms with Crippen LogP contribution in [0, 0.1) is 5.92 Å². The molecule has 4 nitrogen and oxygen atoms in total. The van der Waals surface area contributed by atoms with E-state index in [1.54, 1.807) is 6.07 Å². The van der Waals surface area contributed by atoms with Crippen molar-refractivity contribution in [2.24, 2.45) is 5.92 Å². The number of rotatable bonds is 8. The van der Waals surface area contributed by atoms with Gasteiger partial charge in [0.05, 0.1) is 16.6 Å². The van der Waals surface area contributed by atoms with Crippen LogP contribution in [0.1, 0.15) is 31.2 Å². The first-order chi connectivity index (χ1) is 11.0.